The fourth-order valence-electron chi connectivity index (χ4n) is 2.73. The standard InChI is InChI=1S/C18H12Cl2N2O2S2/c19-17-10-16(18(20)25-17)26(23,24)22-14-8-4-2-6-12(14)15-9-11-5-1-3-7-13(11)21-15/h1-10,21-22H. The number of benzene rings is 2. The summed E-state index contributed by atoms with van der Waals surface area (Å²) < 4.78 is 28.5. The molecule has 4 aromatic rings. The summed E-state index contributed by atoms with van der Waals surface area (Å²) in [6.45, 7) is 0. The summed E-state index contributed by atoms with van der Waals surface area (Å²) in [7, 11) is -3.85. The minimum Gasteiger partial charge on any atom is -0.354 e. The fourth-order valence-corrected chi connectivity index (χ4v) is 5.96. The van der Waals surface area contributed by atoms with Crippen molar-refractivity contribution in [3.8, 4) is 11.3 Å². The Morgan fingerprint density at radius 1 is 0.962 bits per heavy atom. The maximum Gasteiger partial charge on any atom is 0.264 e. The van der Waals surface area contributed by atoms with Crippen LogP contribution in [0.15, 0.2) is 65.6 Å². The predicted octanol–water partition coefficient (Wildman–Crippen LogP) is 6.00. The van der Waals surface area contributed by atoms with Crippen molar-refractivity contribution in [2.75, 3.05) is 4.72 Å². The first-order chi connectivity index (χ1) is 12.4. The minimum absolute atomic E-state index is 0.0272. The van der Waals surface area contributed by atoms with Crippen LogP contribution in [-0.4, -0.2) is 13.4 Å². The van der Waals surface area contributed by atoms with Crippen molar-refractivity contribution in [3.63, 3.8) is 0 Å². The third-order valence-electron chi connectivity index (χ3n) is 3.91. The van der Waals surface area contributed by atoms with Crippen LogP contribution in [0.3, 0.4) is 0 Å². The Hall–Kier alpha value is -1.99. The molecule has 2 N–H and O–H groups in total. The summed E-state index contributed by atoms with van der Waals surface area (Å²) in [5.74, 6) is 0. The van der Waals surface area contributed by atoms with Gasteiger partial charge >= 0.3 is 0 Å². The highest BCUT2D eigenvalue weighted by atomic mass is 35.5. The lowest BCUT2D eigenvalue weighted by Gasteiger charge is -2.11. The van der Waals surface area contributed by atoms with E-state index in [2.05, 4.69) is 9.71 Å². The van der Waals surface area contributed by atoms with Crippen molar-refractivity contribution in [3.05, 3.63) is 69.3 Å². The average Bonchev–Trinajstić information content (AvgIpc) is 3.18. The Labute approximate surface area is 164 Å². The molecule has 26 heavy (non-hydrogen) atoms. The monoisotopic (exact) mass is 422 g/mol. The van der Waals surface area contributed by atoms with E-state index < -0.39 is 10.0 Å². The van der Waals surface area contributed by atoms with Crippen LogP contribution in [0.25, 0.3) is 22.2 Å². The van der Waals surface area contributed by atoms with Crippen LogP contribution >= 0.6 is 34.5 Å². The van der Waals surface area contributed by atoms with Crippen molar-refractivity contribution in [2.24, 2.45) is 0 Å². The first-order valence-corrected chi connectivity index (χ1v) is 10.6. The number of aromatic amines is 1. The zero-order valence-electron chi connectivity index (χ0n) is 13.2. The van der Waals surface area contributed by atoms with Crippen LogP contribution in [-0.2, 0) is 10.0 Å². The number of fused-ring (bicyclic) bond motifs is 1. The number of hydrogen-bond donors (Lipinski definition) is 2. The summed E-state index contributed by atoms with van der Waals surface area (Å²) in [6, 6.07) is 18.4. The van der Waals surface area contributed by atoms with Gasteiger partial charge in [-0.25, -0.2) is 8.42 Å². The first-order valence-electron chi connectivity index (χ1n) is 7.59. The Morgan fingerprint density at radius 2 is 1.69 bits per heavy atom. The average molecular weight is 423 g/mol. The van der Waals surface area contributed by atoms with E-state index in [1.165, 1.54) is 6.07 Å². The van der Waals surface area contributed by atoms with Gasteiger partial charge in [0.15, 0.2) is 0 Å². The maximum atomic E-state index is 12.7. The number of hydrogen-bond acceptors (Lipinski definition) is 3. The summed E-state index contributed by atoms with van der Waals surface area (Å²) >= 11 is 12.9. The van der Waals surface area contributed by atoms with Gasteiger partial charge in [0, 0.05) is 22.2 Å². The zero-order chi connectivity index (χ0) is 18.3. The topological polar surface area (TPSA) is 62.0 Å². The fraction of sp³-hybridized carbons (Fsp3) is 0. The van der Waals surface area contributed by atoms with Crippen molar-refractivity contribution in [2.45, 2.75) is 4.90 Å². The third-order valence-corrected chi connectivity index (χ3v) is 7.02. The maximum absolute atomic E-state index is 12.7. The molecule has 0 aliphatic carbocycles. The van der Waals surface area contributed by atoms with Crippen LogP contribution in [0, 0.1) is 0 Å². The van der Waals surface area contributed by atoms with Gasteiger partial charge in [-0.15, -0.1) is 11.3 Å². The molecule has 0 spiro atoms. The SMILES string of the molecule is O=S(=O)(Nc1ccccc1-c1cc2ccccc2[nH]1)c1cc(Cl)sc1Cl. The van der Waals surface area contributed by atoms with Crippen LogP contribution in [0.2, 0.25) is 8.67 Å². The van der Waals surface area contributed by atoms with E-state index >= 15 is 0 Å². The summed E-state index contributed by atoms with van der Waals surface area (Å²) in [5, 5.41) is 1.05. The van der Waals surface area contributed by atoms with Crippen LogP contribution < -0.4 is 4.72 Å². The van der Waals surface area contributed by atoms with Gasteiger partial charge in [-0.05, 0) is 24.3 Å². The Balaban J connectivity index is 1.78. The molecule has 0 atom stereocenters. The predicted molar refractivity (Wildman–Crippen MR) is 109 cm³/mol. The van der Waals surface area contributed by atoms with Gasteiger partial charge in [0.25, 0.3) is 10.0 Å². The number of H-pyrrole nitrogens is 1. The Bertz CT molecular complexity index is 1180. The van der Waals surface area contributed by atoms with Crippen LogP contribution in [0.5, 0.6) is 0 Å². The molecule has 0 radical (unpaired) electrons. The van der Waals surface area contributed by atoms with Crippen molar-refractivity contribution >= 4 is 61.2 Å². The lowest BCUT2D eigenvalue weighted by Crippen LogP contribution is -2.13. The summed E-state index contributed by atoms with van der Waals surface area (Å²) in [5.41, 5.74) is 2.99. The molecule has 8 heteroatoms. The smallest absolute Gasteiger partial charge is 0.264 e. The highest BCUT2D eigenvalue weighted by molar-refractivity contribution is 7.93. The van der Waals surface area contributed by atoms with E-state index in [1.54, 1.807) is 12.1 Å². The Morgan fingerprint density at radius 3 is 2.42 bits per heavy atom. The largest absolute Gasteiger partial charge is 0.354 e. The highest BCUT2D eigenvalue weighted by Crippen LogP contribution is 2.36. The molecule has 2 aromatic heterocycles. The molecule has 2 aromatic carbocycles. The number of thiophene rings is 1. The van der Waals surface area contributed by atoms with Crippen molar-refractivity contribution in [1.82, 2.24) is 4.98 Å². The van der Waals surface area contributed by atoms with E-state index in [4.69, 9.17) is 23.2 Å². The number of aromatic nitrogens is 1. The minimum atomic E-state index is -3.85. The van der Waals surface area contributed by atoms with Gasteiger partial charge in [0.05, 0.1) is 10.0 Å². The van der Waals surface area contributed by atoms with Crippen molar-refractivity contribution < 1.29 is 8.42 Å². The molecular weight excluding hydrogens is 411 g/mol. The van der Waals surface area contributed by atoms with E-state index in [9.17, 15) is 8.42 Å². The lowest BCUT2D eigenvalue weighted by molar-refractivity contribution is 0.601. The molecule has 0 fully saturated rings. The molecule has 0 aliphatic heterocycles. The van der Waals surface area contributed by atoms with Gasteiger partial charge in [-0.2, -0.15) is 0 Å². The Kier molecular flexibility index (Phi) is 4.44. The quantitative estimate of drug-likeness (QED) is 0.423. The summed E-state index contributed by atoms with van der Waals surface area (Å²) in [4.78, 5) is 3.29. The van der Waals surface area contributed by atoms with Gasteiger partial charge < -0.3 is 4.98 Å². The van der Waals surface area contributed by atoms with E-state index in [0.29, 0.717) is 10.0 Å². The number of nitrogens with one attached hydrogen (secondary N) is 2. The first kappa shape index (κ1) is 17.4. The normalized spacial score (nSPS) is 11.8. The molecule has 132 valence electrons. The van der Waals surface area contributed by atoms with E-state index in [-0.39, 0.29) is 9.23 Å². The van der Waals surface area contributed by atoms with Crippen LogP contribution in [0.1, 0.15) is 0 Å². The molecule has 0 saturated carbocycles. The molecule has 2 heterocycles. The molecule has 0 amide bonds. The lowest BCUT2D eigenvalue weighted by atomic mass is 10.1. The van der Waals surface area contributed by atoms with Gasteiger partial charge in [-0.1, -0.05) is 59.6 Å². The van der Waals surface area contributed by atoms with Crippen molar-refractivity contribution in [1.29, 1.82) is 0 Å². The molecule has 0 unspecified atom stereocenters. The number of sulfonamides is 1. The highest BCUT2D eigenvalue weighted by Gasteiger charge is 2.22. The van der Waals surface area contributed by atoms with E-state index in [1.807, 2.05) is 42.5 Å². The number of rotatable bonds is 4. The molecule has 0 aliphatic rings. The summed E-state index contributed by atoms with van der Waals surface area (Å²) in [6.07, 6.45) is 0. The van der Waals surface area contributed by atoms with Gasteiger partial charge in [0.2, 0.25) is 0 Å². The van der Waals surface area contributed by atoms with Gasteiger partial charge in [-0.3, -0.25) is 4.72 Å². The zero-order valence-corrected chi connectivity index (χ0v) is 16.3. The van der Waals surface area contributed by atoms with Gasteiger partial charge in [0.1, 0.15) is 9.23 Å². The number of anilines is 1. The second-order valence-corrected chi connectivity index (χ2v) is 9.55. The molecular formula is C18H12Cl2N2O2S2. The second kappa shape index (κ2) is 6.63. The van der Waals surface area contributed by atoms with E-state index in [0.717, 1.165) is 33.5 Å². The molecule has 4 rings (SSSR count). The second-order valence-electron chi connectivity index (χ2n) is 5.61. The third kappa shape index (κ3) is 3.21. The number of halogens is 2. The molecule has 0 bridgehead atoms. The molecule has 0 saturated heterocycles. The number of para-hydroxylation sites is 2. The molecule has 4 nitrogen and oxygen atoms in total. The van der Waals surface area contributed by atoms with Crippen LogP contribution in [0.4, 0.5) is 5.69 Å².